The number of fused-ring (bicyclic) bond motifs is 1. The Morgan fingerprint density at radius 3 is 2.35 bits per heavy atom. The molecule has 7 nitrogen and oxygen atoms in total. The molecule has 23 heavy (non-hydrogen) atoms. The number of nitrogens with one attached hydrogen (secondary N) is 2. The third kappa shape index (κ3) is 3.03. The molecule has 0 unspecified atom stereocenters. The second-order valence-corrected chi connectivity index (χ2v) is 4.98. The minimum Gasteiger partial charge on any atom is -0.459 e. The molecule has 0 aliphatic carbocycles. The number of carbonyl (C=O) groups excluding carboxylic acids is 2. The molecule has 2 N–H and O–H groups in total. The minimum atomic E-state index is -0.532. The largest absolute Gasteiger partial charge is 0.459 e. The van der Waals surface area contributed by atoms with Gasteiger partial charge < -0.3 is 4.42 Å². The fourth-order valence-electron chi connectivity index (χ4n) is 2.03. The molecular weight excluding hydrogens is 296 g/mol. The highest BCUT2D eigenvalue weighted by Gasteiger charge is 2.12. The number of nitrogens with zero attached hydrogens (tertiary/aromatic N) is 2. The Morgan fingerprint density at radius 1 is 0.957 bits per heavy atom. The van der Waals surface area contributed by atoms with Crippen molar-refractivity contribution in [2.45, 2.75) is 13.8 Å². The van der Waals surface area contributed by atoms with Gasteiger partial charge in [-0.1, -0.05) is 0 Å². The van der Waals surface area contributed by atoms with Crippen molar-refractivity contribution in [2.24, 2.45) is 0 Å². The Kier molecular flexibility index (Phi) is 3.76. The van der Waals surface area contributed by atoms with Crippen LogP contribution in [0.2, 0.25) is 0 Å². The maximum Gasteiger partial charge on any atom is 0.305 e. The molecule has 1 aromatic carbocycles. The van der Waals surface area contributed by atoms with Crippen molar-refractivity contribution in [3.05, 3.63) is 59.3 Å². The topological polar surface area (TPSA) is 97.1 Å². The van der Waals surface area contributed by atoms with Gasteiger partial charge in [0.1, 0.15) is 0 Å². The summed E-state index contributed by atoms with van der Waals surface area (Å²) in [5.74, 6) is -0.872. The van der Waals surface area contributed by atoms with Crippen molar-refractivity contribution in [3.63, 3.8) is 0 Å². The minimum absolute atomic E-state index is 0.112. The van der Waals surface area contributed by atoms with Crippen molar-refractivity contribution >= 4 is 22.8 Å². The number of amides is 2. The lowest BCUT2D eigenvalue weighted by Crippen LogP contribution is -2.41. The van der Waals surface area contributed by atoms with Gasteiger partial charge in [-0.25, -0.2) is 9.97 Å². The van der Waals surface area contributed by atoms with Crippen LogP contribution in [-0.2, 0) is 0 Å². The summed E-state index contributed by atoms with van der Waals surface area (Å²) in [6.45, 7) is 3.74. The third-order valence-corrected chi connectivity index (χ3v) is 3.37. The molecule has 116 valence electrons. The molecule has 2 aromatic heterocycles. The Bertz CT molecular complexity index is 888. The first-order valence-corrected chi connectivity index (χ1v) is 6.94. The van der Waals surface area contributed by atoms with E-state index >= 15 is 0 Å². The van der Waals surface area contributed by atoms with Gasteiger partial charge in [-0.15, -0.1) is 0 Å². The lowest BCUT2D eigenvalue weighted by Gasteiger charge is -2.07. The van der Waals surface area contributed by atoms with E-state index in [4.69, 9.17) is 4.42 Å². The number of hydrazine groups is 1. The molecule has 0 aliphatic heterocycles. The highest BCUT2D eigenvalue weighted by Crippen LogP contribution is 2.14. The van der Waals surface area contributed by atoms with E-state index in [2.05, 4.69) is 20.8 Å². The van der Waals surface area contributed by atoms with Crippen LogP contribution in [0.3, 0.4) is 0 Å². The van der Waals surface area contributed by atoms with Crippen LogP contribution < -0.4 is 10.9 Å². The number of benzene rings is 1. The molecule has 3 aromatic rings. The number of hydrogen-bond acceptors (Lipinski definition) is 5. The normalized spacial score (nSPS) is 10.5. The summed E-state index contributed by atoms with van der Waals surface area (Å²) >= 11 is 0. The van der Waals surface area contributed by atoms with Gasteiger partial charge in [0.05, 0.1) is 28.7 Å². The van der Waals surface area contributed by atoms with Crippen LogP contribution in [0.25, 0.3) is 11.0 Å². The Labute approximate surface area is 131 Å². The summed E-state index contributed by atoms with van der Waals surface area (Å²) in [6.07, 6.45) is 1.38. The maximum absolute atomic E-state index is 12.1. The van der Waals surface area contributed by atoms with E-state index < -0.39 is 11.8 Å². The molecular formula is C16H14N4O3. The van der Waals surface area contributed by atoms with Crippen molar-refractivity contribution in [2.75, 3.05) is 0 Å². The Morgan fingerprint density at radius 2 is 1.65 bits per heavy atom. The summed E-state index contributed by atoms with van der Waals surface area (Å²) in [5, 5.41) is 0. The van der Waals surface area contributed by atoms with Crippen molar-refractivity contribution < 1.29 is 14.0 Å². The van der Waals surface area contributed by atoms with E-state index in [1.807, 2.05) is 13.8 Å². The summed E-state index contributed by atoms with van der Waals surface area (Å²) in [5.41, 5.74) is 7.97. The first-order chi connectivity index (χ1) is 11.0. The van der Waals surface area contributed by atoms with Gasteiger partial charge in [-0.3, -0.25) is 20.4 Å². The van der Waals surface area contributed by atoms with Crippen molar-refractivity contribution in [3.8, 4) is 0 Å². The van der Waals surface area contributed by atoms with Crippen LogP contribution in [-0.4, -0.2) is 21.8 Å². The van der Waals surface area contributed by atoms with Gasteiger partial charge >= 0.3 is 5.91 Å². The van der Waals surface area contributed by atoms with Crippen molar-refractivity contribution in [1.29, 1.82) is 0 Å². The molecule has 3 rings (SSSR count). The summed E-state index contributed by atoms with van der Waals surface area (Å²) in [7, 11) is 0. The highest BCUT2D eigenvalue weighted by molar-refractivity contribution is 5.99. The van der Waals surface area contributed by atoms with Gasteiger partial charge in [0.15, 0.2) is 5.76 Å². The number of furan rings is 1. The molecule has 0 bridgehead atoms. The molecule has 2 amide bonds. The molecule has 7 heteroatoms. The van der Waals surface area contributed by atoms with Gasteiger partial charge in [-0.2, -0.15) is 0 Å². The number of rotatable bonds is 2. The van der Waals surface area contributed by atoms with Crippen LogP contribution >= 0.6 is 0 Å². The Balaban J connectivity index is 1.75. The average molecular weight is 310 g/mol. The van der Waals surface area contributed by atoms with Crippen LogP contribution in [0.15, 0.2) is 41.0 Å². The molecule has 0 atom stereocenters. The third-order valence-electron chi connectivity index (χ3n) is 3.37. The molecule has 0 fully saturated rings. The fraction of sp³-hybridized carbons (Fsp3) is 0.125. The van der Waals surface area contributed by atoms with Gasteiger partial charge in [0, 0.05) is 5.56 Å². The second kappa shape index (κ2) is 5.88. The summed E-state index contributed by atoms with van der Waals surface area (Å²) in [4.78, 5) is 32.6. The maximum atomic E-state index is 12.1. The van der Waals surface area contributed by atoms with E-state index in [1.165, 1.54) is 12.3 Å². The van der Waals surface area contributed by atoms with Crippen LogP contribution in [0, 0.1) is 13.8 Å². The highest BCUT2D eigenvalue weighted by atomic mass is 16.3. The zero-order chi connectivity index (χ0) is 16.4. The zero-order valence-corrected chi connectivity index (χ0v) is 12.6. The second-order valence-electron chi connectivity index (χ2n) is 4.98. The molecule has 2 heterocycles. The molecule has 0 aliphatic rings. The predicted molar refractivity (Wildman–Crippen MR) is 82.7 cm³/mol. The number of aryl methyl sites for hydroxylation is 2. The predicted octanol–water partition coefficient (Wildman–Crippen LogP) is 1.91. The molecule has 0 radical (unpaired) electrons. The van der Waals surface area contributed by atoms with Gasteiger partial charge in [0.25, 0.3) is 5.91 Å². The van der Waals surface area contributed by atoms with Gasteiger partial charge in [-0.05, 0) is 44.2 Å². The first kappa shape index (κ1) is 14.7. The SMILES string of the molecule is Cc1nc2ccc(C(=O)NNC(=O)c3ccco3)cc2nc1C. The molecule has 0 saturated carbocycles. The van der Waals surface area contributed by atoms with E-state index in [1.54, 1.807) is 24.3 Å². The fourth-order valence-corrected chi connectivity index (χ4v) is 2.03. The average Bonchev–Trinajstić information content (AvgIpc) is 3.07. The zero-order valence-electron chi connectivity index (χ0n) is 12.6. The van der Waals surface area contributed by atoms with E-state index in [0.29, 0.717) is 16.6 Å². The van der Waals surface area contributed by atoms with Crippen LogP contribution in [0.4, 0.5) is 0 Å². The van der Waals surface area contributed by atoms with Crippen LogP contribution in [0.1, 0.15) is 32.3 Å². The van der Waals surface area contributed by atoms with E-state index in [-0.39, 0.29) is 5.76 Å². The molecule has 0 saturated heterocycles. The Hall–Kier alpha value is -3.22. The number of aromatic nitrogens is 2. The smallest absolute Gasteiger partial charge is 0.305 e. The summed E-state index contributed by atoms with van der Waals surface area (Å²) < 4.78 is 4.93. The van der Waals surface area contributed by atoms with Gasteiger partial charge in [0.2, 0.25) is 0 Å². The van der Waals surface area contributed by atoms with E-state index in [0.717, 1.165) is 11.4 Å². The summed E-state index contributed by atoms with van der Waals surface area (Å²) in [6, 6.07) is 8.06. The first-order valence-electron chi connectivity index (χ1n) is 6.94. The lowest BCUT2D eigenvalue weighted by atomic mass is 10.1. The number of hydrogen-bond donors (Lipinski definition) is 2. The lowest BCUT2D eigenvalue weighted by molar-refractivity contribution is 0.0831. The monoisotopic (exact) mass is 310 g/mol. The quantitative estimate of drug-likeness (QED) is 0.705. The number of carbonyl (C=O) groups is 2. The molecule has 0 spiro atoms. The van der Waals surface area contributed by atoms with Crippen LogP contribution in [0.5, 0.6) is 0 Å². The van der Waals surface area contributed by atoms with E-state index in [9.17, 15) is 9.59 Å². The standard InChI is InChI=1S/C16H14N4O3/c1-9-10(2)18-13-8-11(5-6-12(13)17-9)15(21)19-20-16(22)14-4-3-7-23-14/h3-8H,1-2H3,(H,19,21)(H,20,22). The van der Waals surface area contributed by atoms with Crippen molar-refractivity contribution in [1.82, 2.24) is 20.8 Å².